The van der Waals surface area contributed by atoms with E-state index in [1.807, 2.05) is 37.3 Å². The fourth-order valence-electron chi connectivity index (χ4n) is 5.07. The smallest absolute Gasteiger partial charge is 0.180 e. The number of carbonyl (C=O) groups is 2. The predicted molar refractivity (Wildman–Crippen MR) is 137 cm³/mol. The number of benzene rings is 2. The molecule has 3 aliphatic rings. The standard InChI is InChI=1S/C28H26BrClO5/c1-2-33-24-14-17(13-19(30)28(24)34-15-16-7-3-4-8-18(16)29)25-26-20(31)9-5-11-22(26)35-23-12-6-10-21(32)27(23)25/h3-4,7-8,13-14,25H,2,5-6,9-12,15H2,1H3. The maximum absolute atomic E-state index is 13.1. The Kier molecular flexibility index (Phi) is 7.03. The lowest BCUT2D eigenvalue weighted by atomic mass is 9.73. The van der Waals surface area contributed by atoms with E-state index in [4.69, 9.17) is 25.8 Å². The minimum Gasteiger partial charge on any atom is -0.490 e. The summed E-state index contributed by atoms with van der Waals surface area (Å²) >= 11 is 10.3. The second kappa shape index (κ2) is 10.2. The van der Waals surface area contributed by atoms with Gasteiger partial charge in [0.25, 0.3) is 0 Å². The molecule has 0 aromatic heterocycles. The Balaban J connectivity index is 1.58. The fraction of sp³-hybridized carbons (Fsp3) is 0.357. The summed E-state index contributed by atoms with van der Waals surface area (Å²) < 4.78 is 19.1. The minimum atomic E-state index is -0.497. The first-order valence-electron chi connectivity index (χ1n) is 12.0. The number of ketones is 2. The molecule has 0 radical (unpaired) electrons. The van der Waals surface area contributed by atoms with Gasteiger partial charge in [-0.3, -0.25) is 9.59 Å². The number of hydrogen-bond donors (Lipinski definition) is 0. The average Bonchev–Trinajstić information content (AvgIpc) is 2.84. The van der Waals surface area contributed by atoms with Gasteiger partial charge in [0.05, 0.1) is 11.6 Å². The highest BCUT2D eigenvalue weighted by Crippen LogP contribution is 2.50. The van der Waals surface area contributed by atoms with Crippen LogP contribution in [0.1, 0.15) is 62.5 Å². The van der Waals surface area contributed by atoms with Gasteiger partial charge in [-0.1, -0.05) is 45.7 Å². The van der Waals surface area contributed by atoms with Crippen LogP contribution in [0.5, 0.6) is 11.5 Å². The summed E-state index contributed by atoms with van der Waals surface area (Å²) in [6.07, 6.45) is 3.81. The highest BCUT2D eigenvalue weighted by atomic mass is 79.9. The molecular weight excluding hydrogens is 532 g/mol. The van der Waals surface area contributed by atoms with E-state index in [2.05, 4.69) is 15.9 Å². The van der Waals surface area contributed by atoms with Gasteiger partial charge in [-0.15, -0.1) is 0 Å². The van der Waals surface area contributed by atoms with E-state index in [9.17, 15) is 9.59 Å². The van der Waals surface area contributed by atoms with Crippen molar-refractivity contribution in [2.45, 2.75) is 58.0 Å². The lowest BCUT2D eigenvalue weighted by molar-refractivity contribution is -0.117. The SMILES string of the molecule is CCOc1cc(C2C3=C(CCCC3=O)OC3=C2C(=O)CCC3)cc(Cl)c1OCc1ccccc1Br. The van der Waals surface area contributed by atoms with Gasteiger partial charge < -0.3 is 14.2 Å². The molecule has 0 fully saturated rings. The molecule has 1 aliphatic heterocycles. The zero-order chi connectivity index (χ0) is 24.5. The lowest BCUT2D eigenvalue weighted by Gasteiger charge is -2.36. The third-order valence-corrected chi connectivity index (χ3v) is 7.69. The van der Waals surface area contributed by atoms with E-state index in [1.165, 1.54) is 0 Å². The molecule has 0 saturated heterocycles. The van der Waals surface area contributed by atoms with Crippen LogP contribution in [0, 0.1) is 0 Å². The third kappa shape index (κ3) is 4.66. The first kappa shape index (κ1) is 24.1. The largest absolute Gasteiger partial charge is 0.490 e. The summed E-state index contributed by atoms with van der Waals surface area (Å²) in [5, 5.41) is 0.375. The molecule has 7 heteroatoms. The maximum atomic E-state index is 13.1. The molecule has 0 bridgehead atoms. The molecule has 182 valence electrons. The molecule has 0 atom stereocenters. The number of halogens is 2. The van der Waals surface area contributed by atoms with E-state index in [0.717, 1.165) is 28.4 Å². The van der Waals surface area contributed by atoms with Crippen molar-refractivity contribution >= 4 is 39.1 Å². The number of ether oxygens (including phenoxy) is 3. The number of carbonyl (C=O) groups excluding carboxylic acids is 2. The summed E-state index contributed by atoms with van der Waals surface area (Å²) in [6, 6.07) is 11.5. The van der Waals surface area contributed by atoms with Crippen LogP contribution in [-0.2, 0) is 20.9 Å². The zero-order valence-electron chi connectivity index (χ0n) is 19.5. The molecule has 0 amide bonds. The Morgan fingerprint density at radius 2 is 1.63 bits per heavy atom. The molecule has 5 nitrogen and oxygen atoms in total. The minimum absolute atomic E-state index is 0.0320. The van der Waals surface area contributed by atoms with Gasteiger partial charge in [0.2, 0.25) is 0 Å². The first-order chi connectivity index (χ1) is 17.0. The second-order valence-electron chi connectivity index (χ2n) is 8.91. The van der Waals surface area contributed by atoms with E-state index in [-0.39, 0.29) is 11.6 Å². The van der Waals surface area contributed by atoms with Crippen molar-refractivity contribution in [1.29, 1.82) is 0 Å². The van der Waals surface area contributed by atoms with Crippen LogP contribution in [-0.4, -0.2) is 18.2 Å². The highest BCUT2D eigenvalue weighted by Gasteiger charge is 2.42. The maximum Gasteiger partial charge on any atom is 0.180 e. The van der Waals surface area contributed by atoms with Crippen molar-refractivity contribution in [2.24, 2.45) is 0 Å². The molecule has 0 saturated carbocycles. The number of rotatable bonds is 6. The Bertz CT molecular complexity index is 1220. The first-order valence-corrected chi connectivity index (χ1v) is 13.2. The van der Waals surface area contributed by atoms with E-state index >= 15 is 0 Å². The highest BCUT2D eigenvalue weighted by molar-refractivity contribution is 9.10. The number of Topliss-reactive ketones (excluding diaryl/α,β-unsaturated/α-hetero) is 2. The van der Waals surface area contributed by atoms with Crippen molar-refractivity contribution in [3.8, 4) is 11.5 Å². The summed E-state index contributed by atoms with van der Waals surface area (Å²) in [5.41, 5.74) is 2.90. The van der Waals surface area contributed by atoms with Crippen LogP contribution >= 0.6 is 27.5 Å². The Hall–Kier alpha value is -2.57. The summed E-state index contributed by atoms with van der Waals surface area (Å²) in [7, 11) is 0. The van der Waals surface area contributed by atoms with Gasteiger partial charge in [0.1, 0.15) is 18.1 Å². The molecule has 0 unspecified atom stereocenters. The topological polar surface area (TPSA) is 61.8 Å². The Labute approximate surface area is 218 Å². The van der Waals surface area contributed by atoms with Gasteiger partial charge in [0, 0.05) is 52.8 Å². The van der Waals surface area contributed by atoms with Gasteiger partial charge in [-0.05, 0) is 43.5 Å². The van der Waals surface area contributed by atoms with Gasteiger partial charge >= 0.3 is 0 Å². The molecule has 0 N–H and O–H groups in total. The molecule has 5 rings (SSSR count). The summed E-state index contributed by atoms with van der Waals surface area (Å²) in [4.78, 5) is 26.2. The molecular formula is C28H26BrClO5. The normalized spacial score (nSPS) is 18.3. The number of hydrogen-bond acceptors (Lipinski definition) is 5. The van der Waals surface area contributed by atoms with Crippen molar-refractivity contribution in [2.75, 3.05) is 6.61 Å². The van der Waals surface area contributed by atoms with Gasteiger partial charge in [-0.2, -0.15) is 0 Å². The predicted octanol–water partition coefficient (Wildman–Crippen LogP) is 7.21. The van der Waals surface area contributed by atoms with E-state index in [1.54, 1.807) is 6.07 Å². The van der Waals surface area contributed by atoms with Crippen LogP contribution in [0.3, 0.4) is 0 Å². The molecule has 2 aromatic rings. The van der Waals surface area contributed by atoms with Crippen LogP contribution in [0.2, 0.25) is 5.02 Å². The van der Waals surface area contributed by atoms with Crippen LogP contribution in [0.4, 0.5) is 0 Å². The Morgan fingerprint density at radius 3 is 2.26 bits per heavy atom. The quantitative estimate of drug-likeness (QED) is 0.376. The van der Waals surface area contributed by atoms with E-state index < -0.39 is 5.92 Å². The van der Waals surface area contributed by atoms with Crippen molar-refractivity contribution in [3.05, 3.63) is 79.7 Å². The molecule has 35 heavy (non-hydrogen) atoms. The van der Waals surface area contributed by atoms with Gasteiger partial charge in [-0.25, -0.2) is 0 Å². The van der Waals surface area contributed by atoms with Crippen molar-refractivity contribution in [1.82, 2.24) is 0 Å². The van der Waals surface area contributed by atoms with Crippen LogP contribution in [0.15, 0.2) is 63.5 Å². The summed E-state index contributed by atoms with van der Waals surface area (Å²) in [6.45, 7) is 2.61. The average molecular weight is 558 g/mol. The molecule has 2 aliphatic carbocycles. The fourth-order valence-corrected chi connectivity index (χ4v) is 5.75. The van der Waals surface area contributed by atoms with Crippen molar-refractivity contribution < 1.29 is 23.8 Å². The van der Waals surface area contributed by atoms with Crippen molar-refractivity contribution in [3.63, 3.8) is 0 Å². The molecule has 2 aromatic carbocycles. The lowest BCUT2D eigenvalue weighted by Crippen LogP contribution is -2.30. The second-order valence-corrected chi connectivity index (χ2v) is 10.2. The summed E-state index contributed by atoms with van der Waals surface area (Å²) in [5.74, 6) is 1.89. The number of allylic oxidation sites excluding steroid dienone is 4. The van der Waals surface area contributed by atoms with Crippen LogP contribution < -0.4 is 9.47 Å². The molecule has 1 heterocycles. The zero-order valence-corrected chi connectivity index (χ0v) is 21.8. The van der Waals surface area contributed by atoms with E-state index in [0.29, 0.717) is 78.1 Å². The monoisotopic (exact) mass is 556 g/mol. The van der Waals surface area contributed by atoms with Crippen LogP contribution in [0.25, 0.3) is 0 Å². The third-order valence-electron chi connectivity index (χ3n) is 6.64. The Morgan fingerprint density at radius 1 is 0.971 bits per heavy atom. The van der Waals surface area contributed by atoms with Gasteiger partial charge in [0.15, 0.2) is 23.1 Å². The molecule has 0 spiro atoms.